The van der Waals surface area contributed by atoms with E-state index in [2.05, 4.69) is 21.0 Å². The van der Waals surface area contributed by atoms with Gasteiger partial charge in [-0.05, 0) is 57.7 Å². The van der Waals surface area contributed by atoms with Crippen molar-refractivity contribution >= 4 is 21.7 Å². The lowest BCUT2D eigenvalue weighted by Gasteiger charge is -2.31. The lowest BCUT2D eigenvalue weighted by molar-refractivity contribution is 0.0740. The molecule has 0 unspecified atom stereocenters. The van der Waals surface area contributed by atoms with Crippen LogP contribution < -0.4 is 0 Å². The van der Waals surface area contributed by atoms with E-state index >= 15 is 0 Å². The molecule has 0 N–H and O–H groups in total. The Morgan fingerprint density at radius 1 is 1.47 bits per heavy atom. The summed E-state index contributed by atoms with van der Waals surface area (Å²) in [6.45, 7) is 7.86. The zero-order chi connectivity index (χ0) is 13.4. The fourth-order valence-electron chi connectivity index (χ4n) is 1.44. The Kier molecular flexibility index (Phi) is 4.15. The van der Waals surface area contributed by atoms with Crippen molar-refractivity contribution in [2.24, 2.45) is 0 Å². The minimum absolute atomic E-state index is 0.0700. The first-order chi connectivity index (χ1) is 7.69. The Labute approximate surface area is 111 Å². The van der Waals surface area contributed by atoms with Crippen LogP contribution in [-0.4, -0.2) is 40.1 Å². The van der Waals surface area contributed by atoms with Crippen molar-refractivity contribution in [3.05, 3.63) is 16.4 Å². The normalized spacial score (nSPS) is 12.5. The Morgan fingerprint density at radius 2 is 2.00 bits per heavy atom. The highest BCUT2D eigenvalue weighted by Gasteiger charge is 2.34. The smallest absolute Gasteiger partial charge is 0.201 e. The zero-order valence-electron chi connectivity index (χ0n) is 11.3. The van der Waals surface area contributed by atoms with E-state index in [9.17, 15) is 4.79 Å². The molecule has 1 rings (SSSR count). The minimum atomic E-state index is -0.546. The van der Waals surface area contributed by atoms with Gasteiger partial charge < -0.3 is 0 Å². The summed E-state index contributed by atoms with van der Waals surface area (Å²) in [5.41, 5.74) is 0.0913. The number of ketones is 1. The van der Waals surface area contributed by atoms with Gasteiger partial charge in [0.1, 0.15) is 5.69 Å². The molecule has 0 aliphatic heterocycles. The summed E-state index contributed by atoms with van der Waals surface area (Å²) in [4.78, 5) is 14.5. The zero-order valence-corrected chi connectivity index (χ0v) is 12.9. The van der Waals surface area contributed by atoms with E-state index in [-0.39, 0.29) is 11.8 Å². The molecule has 0 saturated carbocycles. The Balaban J connectivity index is 3.25. The number of carbonyl (C=O) groups is 1. The van der Waals surface area contributed by atoms with Crippen LogP contribution in [0.4, 0.5) is 0 Å². The van der Waals surface area contributed by atoms with Gasteiger partial charge in [-0.2, -0.15) is 5.10 Å². The number of carbonyl (C=O) groups excluding carboxylic acids is 1. The van der Waals surface area contributed by atoms with Crippen molar-refractivity contribution in [3.63, 3.8) is 0 Å². The average Bonchev–Trinajstić information content (AvgIpc) is 2.58. The first-order valence-corrected chi connectivity index (χ1v) is 6.44. The summed E-state index contributed by atoms with van der Waals surface area (Å²) in [7, 11) is 3.81. The largest absolute Gasteiger partial charge is 0.297 e. The van der Waals surface area contributed by atoms with E-state index in [1.807, 2.05) is 46.7 Å². The Bertz CT molecular complexity index is 421. The van der Waals surface area contributed by atoms with Gasteiger partial charge in [-0.3, -0.25) is 14.4 Å². The van der Waals surface area contributed by atoms with Gasteiger partial charge in [-0.1, -0.05) is 0 Å². The van der Waals surface area contributed by atoms with Crippen LogP contribution in [-0.2, 0) is 0 Å². The second kappa shape index (κ2) is 4.90. The van der Waals surface area contributed by atoms with Crippen molar-refractivity contribution in [1.82, 2.24) is 14.7 Å². The summed E-state index contributed by atoms with van der Waals surface area (Å²) in [5.74, 6) is 0.0700. The van der Waals surface area contributed by atoms with Crippen LogP contribution in [0.3, 0.4) is 0 Å². The highest BCUT2D eigenvalue weighted by molar-refractivity contribution is 9.10. The predicted molar refractivity (Wildman–Crippen MR) is 72.4 cm³/mol. The number of Topliss-reactive ketones (excluding diaryl/α,β-unsaturated/α-hetero) is 1. The molecular weight excluding hydrogens is 282 g/mol. The van der Waals surface area contributed by atoms with Crippen LogP contribution >= 0.6 is 15.9 Å². The summed E-state index contributed by atoms with van der Waals surface area (Å²) in [6, 6.07) is 0.165. The number of aromatic nitrogens is 2. The van der Waals surface area contributed by atoms with Gasteiger partial charge in [-0.25, -0.2) is 0 Å². The molecule has 0 amide bonds. The van der Waals surface area contributed by atoms with Crippen molar-refractivity contribution in [3.8, 4) is 0 Å². The number of hydrogen-bond acceptors (Lipinski definition) is 3. The molecule has 0 spiro atoms. The first-order valence-electron chi connectivity index (χ1n) is 5.64. The fourth-order valence-corrected chi connectivity index (χ4v) is 1.89. The summed E-state index contributed by atoms with van der Waals surface area (Å²) in [5, 5.41) is 4.24. The third-order valence-electron chi connectivity index (χ3n) is 3.13. The van der Waals surface area contributed by atoms with Crippen molar-refractivity contribution in [1.29, 1.82) is 0 Å². The molecule has 0 aromatic carbocycles. The average molecular weight is 302 g/mol. The first kappa shape index (κ1) is 14.4. The third-order valence-corrected chi connectivity index (χ3v) is 3.71. The molecule has 1 aromatic rings. The number of likely N-dealkylation sites (N-methyl/N-ethyl adjacent to an activating group) is 1. The van der Waals surface area contributed by atoms with E-state index in [4.69, 9.17) is 0 Å². The SMILES string of the molecule is CC(C)n1ncc(Br)c1C(=O)C(C)(C)N(C)C. The van der Waals surface area contributed by atoms with Crippen molar-refractivity contribution < 1.29 is 4.79 Å². The van der Waals surface area contributed by atoms with Gasteiger partial charge in [-0.15, -0.1) is 0 Å². The monoisotopic (exact) mass is 301 g/mol. The van der Waals surface area contributed by atoms with Crippen LogP contribution in [0.15, 0.2) is 10.7 Å². The van der Waals surface area contributed by atoms with Gasteiger partial charge in [0.2, 0.25) is 5.78 Å². The van der Waals surface area contributed by atoms with Crippen molar-refractivity contribution in [2.45, 2.75) is 39.3 Å². The molecule has 1 aromatic heterocycles. The summed E-state index contributed by atoms with van der Waals surface area (Å²) >= 11 is 3.40. The predicted octanol–water partition coefficient (Wildman–Crippen LogP) is 2.75. The standard InChI is InChI=1S/C12H20BrN3O/c1-8(2)16-10(9(13)7-14-16)11(17)12(3,4)15(5)6/h7-8H,1-6H3. The molecule has 0 aliphatic rings. The molecule has 4 nitrogen and oxygen atoms in total. The second-order valence-electron chi connectivity index (χ2n) is 5.16. The lowest BCUT2D eigenvalue weighted by atomic mass is 9.95. The number of nitrogens with zero attached hydrogens (tertiary/aromatic N) is 3. The number of hydrogen-bond donors (Lipinski definition) is 0. The highest BCUT2D eigenvalue weighted by Crippen LogP contribution is 2.26. The minimum Gasteiger partial charge on any atom is -0.297 e. The molecule has 1 heterocycles. The topological polar surface area (TPSA) is 38.1 Å². The highest BCUT2D eigenvalue weighted by atomic mass is 79.9. The molecule has 0 atom stereocenters. The molecule has 0 bridgehead atoms. The van der Waals surface area contributed by atoms with Crippen LogP contribution in [0.2, 0.25) is 0 Å². The van der Waals surface area contributed by atoms with E-state index in [0.717, 1.165) is 4.47 Å². The van der Waals surface area contributed by atoms with Crippen LogP contribution in [0.5, 0.6) is 0 Å². The van der Waals surface area contributed by atoms with Gasteiger partial charge in [0.25, 0.3) is 0 Å². The van der Waals surface area contributed by atoms with Gasteiger partial charge in [0.15, 0.2) is 0 Å². The summed E-state index contributed by atoms with van der Waals surface area (Å²) < 4.78 is 2.52. The van der Waals surface area contributed by atoms with Gasteiger partial charge in [0, 0.05) is 6.04 Å². The number of halogens is 1. The molecule has 0 saturated heterocycles. The summed E-state index contributed by atoms with van der Waals surface area (Å²) in [6.07, 6.45) is 1.68. The van der Waals surface area contributed by atoms with Crippen LogP contribution in [0, 0.1) is 0 Å². The fraction of sp³-hybridized carbons (Fsp3) is 0.667. The Morgan fingerprint density at radius 3 is 2.41 bits per heavy atom. The third kappa shape index (κ3) is 2.60. The van der Waals surface area contributed by atoms with E-state index in [1.54, 1.807) is 10.9 Å². The molecule has 17 heavy (non-hydrogen) atoms. The maximum Gasteiger partial charge on any atom is 0.201 e. The van der Waals surface area contributed by atoms with Crippen LogP contribution in [0.1, 0.15) is 44.2 Å². The lowest BCUT2D eigenvalue weighted by Crippen LogP contribution is -2.46. The molecule has 5 heteroatoms. The molecular formula is C12H20BrN3O. The molecule has 0 radical (unpaired) electrons. The quantitative estimate of drug-likeness (QED) is 0.803. The maximum absolute atomic E-state index is 12.6. The van der Waals surface area contributed by atoms with Gasteiger partial charge >= 0.3 is 0 Å². The molecule has 0 aliphatic carbocycles. The maximum atomic E-state index is 12.6. The second-order valence-corrected chi connectivity index (χ2v) is 6.02. The Hall–Kier alpha value is -0.680. The molecule has 96 valence electrons. The van der Waals surface area contributed by atoms with E-state index in [0.29, 0.717) is 5.69 Å². The van der Waals surface area contributed by atoms with Gasteiger partial charge in [0.05, 0.1) is 16.2 Å². The van der Waals surface area contributed by atoms with E-state index < -0.39 is 5.54 Å². The van der Waals surface area contributed by atoms with E-state index in [1.165, 1.54) is 0 Å². The van der Waals surface area contributed by atoms with Crippen LogP contribution in [0.25, 0.3) is 0 Å². The molecule has 0 fully saturated rings. The van der Waals surface area contributed by atoms with Crippen molar-refractivity contribution in [2.75, 3.05) is 14.1 Å². The number of rotatable bonds is 4.